The molecule has 0 bridgehead atoms. The Hall–Kier alpha value is -1.66. The summed E-state index contributed by atoms with van der Waals surface area (Å²) in [5.74, 6) is 0.739. The first-order valence-corrected chi connectivity index (χ1v) is 10.2. The number of carbonyl (C=O) groups is 1. The van der Waals surface area contributed by atoms with Gasteiger partial charge in [0.15, 0.2) is 0 Å². The standard InChI is InChI=1S/C22H28ClN3O2.2ClH/c1-3-22(27)26(20-17-18(23)9-10-21(20)28-2)16-13-24-11-14-25(15-12-24)19-7-5-4-6-8-19;;/h4-10,17H,3,11-16H2,1-2H3;2*1H. The van der Waals surface area contributed by atoms with E-state index in [1.807, 2.05) is 19.1 Å². The Morgan fingerprint density at radius 1 is 1.07 bits per heavy atom. The minimum atomic E-state index is 0. The summed E-state index contributed by atoms with van der Waals surface area (Å²) < 4.78 is 5.46. The molecule has 5 nitrogen and oxygen atoms in total. The number of rotatable bonds is 7. The lowest BCUT2D eigenvalue weighted by Crippen LogP contribution is -2.49. The van der Waals surface area contributed by atoms with Crippen molar-refractivity contribution in [3.05, 3.63) is 53.6 Å². The Balaban J connectivity index is 0.00000225. The SMILES string of the molecule is CCC(=O)N(CCN1CCN(c2ccccc2)CC1)c1cc(Cl)ccc1OC.Cl.Cl. The zero-order chi connectivity index (χ0) is 19.9. The van der Waals surface area contributed by atoms with E-state index >= 15 is 0 Å². The topological polar surface area (TPSA) is 36.0 Å². The summed E-state index contributed by atoms with van der Waals surface area (Å²) in [5, 5.41) is 0.598. The van der Waals surface area contributed by atoms with Crippen LogP contribution in [0.25, 0.3) is 0 Å². The van der Waals surface area contributed by atoms with Crippen LogP contribution < -0.4 is 14.5 Å². The Bertz CT molecular complexity index is 784. The lowest BCUT2D eigenvalue weighted by Gasteiger charge is -2.37. The number of piperazine rings is 1. The Morgan fingerprint density at radius 3 is 2.33 bits per heavy atom. The smallest absolute Gasteiger partial charge is 0.226 e. The molecular weight excluding hydrogens is 445 g/mol. The van der Waals surface area contributed by atoms with Crippen LogP contribution >= 0.6 is 36.4 Å². The molecule has 1 fully saturated rings. The van der Waals surface area contributed by atoms with Gasteiger partial charge >= 0.3 is 0 Å². The number of ether oxygens (including phenoxy) is 1. The molecule has 2 aromatic rings. The third-order valence-electron chi connectivity index (χ3n) is 5.17. The third kappa shape index (κ3) is 6.67. The van der Waals surface area contributed by atoms with Crippen LogP contribution in [0.1, 0.15) is 13.3 Å². The van der Waals surface area contributed by atoms with Gasteiger partial charge in [0.25, 0.3) is 0 Å². The van der Waals surface area contributed by atoms with Crippen molar-refractivity contribution < 1.29 is 9.53 Å². The second kappa shape index (κ2) is 12.9. The molecule has 1 heterocycles. The molecule has 0 aromatic heterocycles. The Kier molecular flexibility index (Phi) is 11.3. The third-order valence-corrected chi connectivity index (χ3v) is 5.40. The van der Waals surface area contributed by atoms with Gasteiger partial charge in [-0.25, -0.2) is 0 Å². The number of para-hydroxylation sites is 1. The number of anilines is 2. The van der Waals surface area contributed by atoms with Crippen LogP contribution in [0.4, 0.5) is 11.4 Å². The van der Waals surface area contributed by atoms with Crippen molar-refractivity contribution in [2.75, 3.05) is 56.2 Å². The van der Waals surface area contributed by atoms with Crippen molar-refractivity contribution in [3.8, 4) is 5.75 Å². The zero-order valence-electron chi connectivity index (χ0n) is 17.4. The number of hydrogen-bond acceptors (Lipinski definition) is 4. The lowest BCUT2D eigenvalue weighted by molar-refractivity contribution is -0.118. The van der Waals surface area contributed by atoms with E-state index in [2.05, 4.69) is 34.1 Å². The van der Waals surface area contributed by atoms with Crippen molar-refractivity contribution >= 4 is 53.7 Å². The largest absolute Gasteiger partial charge is 0.495 e. The van der Waals surface area contributed by atoms with Crippen molar-refractivity contribution in [3.63, 3.8) is 0 Å². The summed E-state index contributed by atoms with van der Waals surface area (Å²) in [7, 11) is 1.62. The molecular formula is C22H30Cl3N3O2. The molecule has 1 amide bonds. The summed E-state index contributed by atoms with van der Waals surface area (Å²) in [4.78, 5) is 19.2. The highest BCUT2D eigenvalue weighted by Gasteiger charge is 2.22. The van der Waals surface area contributed by atoms with E-state index in [1.54, 1.807) is 24.1 Å². The predicted octanol–water partition coefficient (Wildman–Crippen LogP) is 4.76. The fourth-order valence-electron chi connectivity index (χ4n) is 3.55. The van der Waals surface area contributed by atoms with Gasteiger partial charge in [-0.15, -0.1) is 24.8 Å². The molecule has 0 radical (unpaired) electrons. The summed E-state index contributed by atoms with van der Waals surface area (Å²) >= 11 is 6.18. The van der Waals surface area contributed by atoms with Gasteiger partial charge in [0, 0.05) is 56.4 Å². The van der Waals surface area contributed by atoms with Crippen LogP contribution in [0, 0.1) is 0 Å². The fourth-order valence-corrected chi connectivity index (χ4v) is 3.72. The summed E-state index contributed by atoms with van der Waals surface area (Å²) in [6.07, 6.45) is 0.442. The van der Waals surface area contributed by atoms with Crippen molar-refractivity contribution in [2.45, 2.75) is 13.3 Å². The van der Waals surface area contributed by atoms with E-state index < -0.39 is 0 Å². The van der Waals surface area contributed by atoms with Crippen molar-refractivity contribution in [1.82, 2.24) is 4.90 Å². The first kappa shape index (κ1) is 26.4. The molecule has 166 valence electrons. The maximum Gasteiger partial charge on any atom is 0.226 e. The molecule has 0 spiro atoms. The van der Waals surface area contributed by atoms with E-state index in [9.17, 15) is 4.79 Å². The van der Waals surface area contributed by atoms with Gasteiger partial charge in [0.1, 0.15) is 5.75 Å². The van der Waals surface area contributed by atoms with Crippen LogP contribution in [0.2, 0.25) is 5.02 Å². The normalized spacial score (nSPS) is 13.8. The predicted molar refractivity (Wildman–Crippen MR) is 130 cm³/mol. The molecule has 1 aliphatic heterocycles. The Morgan fingerprint density at radius 2 is 1.73 bits per heavy atom. The van der Waals surface area contributed by atoms with Gasteiger partial charge in [0.2, 0.25) is 5.91 Å². The number of benzene rings is 2. The highest BCUT2D eigenvalue weighted by atomic mass is 35.5. The minimum absolute atomic E-state index is 0. The second-order valence-corrected chi connectivity index (χ2v) is 7.32. The molecule has 8 heteroatoms. The monoisotopic (exact) mass is 473 g/mol. The Labute approximate surface area is 196 Å². The zero-order valence-corrected chi connectivity index (χ0v) is 19.8. The highest BCUT2D eigenvalue weighted by Crippen LogP contribution is 2.31. The molecule has 0 unspecified atom stereocenters. The summed E-state index contributed by atoms with van der Waals surface area (Å²) in [6.45, 7) is 7.27. The van der Waals surface area contributed by atoms with Crippen molar-refractivity contribution in [1.29, 1.82) is 0 Å². The molecule has 1 saturated heterocycles. The molecule has 0 aliphatic carbocycles. The molecule has 1 aliphatic rings. The van der Waals surface area contributed by atoms with Crippen LogP contribution in [-0.4, -0.2) is 57.2 Å². The van der Waals surface area contributed by atoms with E-state index in [4.69, 9.17) is 16.3 Å². The van der Waals surface area contributed by atoms with E-state index in [1.165, 1.54) is 5.69 Å². The summed E-state index contributed by atoms with van der Waals surface area (Å²) in [5.41, 5.74) is 2.01. The quantitative estimate of drug-likeness (QED) is 0.580. The number of hydrogen-bond donors (Lipinski definition) is 0. The lowest BCUT2D eigenvalue weighted by atomic mass is 10.2. The van der Waals surface area contributed by atoms with Crippen molar-refractivity contribution in [2.24, 2.45) is 0 Å². The maximum atomic E-state index is 12.6. The number of carbonyl (C=O) groups excluding carboxylic acids is 1. The minimum Gasteiger partial charge on any atom is -0.495 e. The first-order valence-electron chi connectivity index (χ1n) is 9.78. The molecule has 0 N–H and O–H groups in total. The molecule has 3 rings (SSSR count). The molecule has 2 aromatic carbocycles. The van der Waals surface area contributed by atoms with Crippen LogP contribution in [0.3, 0.4) is 0 Å². The first-order chi connectivity index (χ1) is 13.6. The van der Waals surface area contributed by atoms with E-state index in [0.717, 1.165) is 38.4 Å². The van der Waals surface area contributed by atoms with Gasteiger partial charge in [-0.1, -0.05) is 36.7 Å². The van der Waals surface area contributed by atoms with Crippen LogP contribution in [0.5, 0.6) is 5.75 Å². The van der Waals surface area contributed by atoms with Crippen LogP contribution in [0.15, 0.2) is 48.5 Å². The fraction of sp³-hybridized carbons (Fsp3) is 0.409. The number of methoxy groups -OCH3 is 1. The van der Waals surface area contributed by atoms with Gasteiger partial charge in [-0.05, 0) is 30.3 Å². The number of amides is 1. The van der Waals surface area contributed by atoms with Gasteiger partial charge < -0.3 is 14.5 Å². The maximum absolute atomic E-state index is 12.6. The number of nitrogens with zero attached hydrogens (tertiary/aromatic N) is 3. The number of halogens is 3. The molecule has 0 saturated carbocycles. The van der Waals surface area contributed by atoms with Gasteiger partial charge in [-0.2, -0.15) is 0 Å². The van der Waals surface area contributed by atoms with E-state index in [0.29, 0.717) is 23.7 Å². The average molecular weight is 475 g/mol. The van der Waals surface area contributed by atoms with Gasteiger partial charge in [-0.3, -0.25) is 9.69 Å². The average Bonchev–Trinajstić information content (AvgIpc) is 2.75. The summed E-state index contributed by atoms with van der Waals surface area (Å²) in [6, 6.07) is 15.9. The van der Waals surface area contributed by atoms with E-state index in [-0.39, 0.29) is 30.7 Å². The molecule has 30 heavy (non-hydrogen) atoms. The molecule has 0 atom stereocenters. The second-order valence-electron chi connectivity index (χ2n) is 6.88. The highest BCUT2D eigenvalue weighted by molar-refractivity contribution is 6.31. The van der Waals surface area contributed by atoms with Gasteiger partial charge in [0.05, 0.1) is 12.8 Å². The van der Waals surface area contributed by atoms with Crippen LogP contribution in [-0.2, 0) is 4.79 Å².